The summed E-state index contributed by atoms with van der Waals surface area (Å²) in [5.74, 6) is 0.504. The van der Waals surface area contributed by atoms with Gasteiger partial charge < -0.3 is 9.84 Å². The van der Waals surface area contributed by atoms with Crippen LogP contribution in [0.25, 0.3) is 0 Å². The zero-order chi connectivity index (χ0) is 13.2. The molecule has 0 aromatic carbocycles. The minimum atomic E-state index is -4.63. The highest BCUT2D eigenvalue weighted by molar-refractivity contribution is 5.41. The number of alkyl halides is 3. The van der Waals surface area contributed by atoms with E-state index in [2.05, 4.69) is 4.98 Å². The van der Waals surface area contributed by atoms with E-state index in [4.69, 9.17) is 9.84 Å². The summed E-state index contributed by atoms with van der Waals surface area (Å²) in [4.78, 5) is 3.90. The Morgan fingerprint density at radius 1 is 1.41 bits per heavy atom. The van der Waals surface area contributed by atoms with Gasteiger partial charge in [0.2, 0.25) is 0 Å². The molecule has 0 amide bonds. The summed E-state index contributed by atoms with van der Waals surface area (Å²) in [7, 11) is 1.44. The number of rotatable bonds is 3. The van der Waals surface area contributed by atoms with Crippen molar-refractivity contribution in [1.29, 1.82) is 0 Å². The molecule has 0 aliphatic heterocycles. The largest absolute Gasteiger partial charge is 0.496 e. The molecule has 1 N–H and O–H groups in total. The van der Waals surface area contributed by atoms with Crippen LogP contribution in [0, 0.1) is 13.8 Å². The van der Waals surface area contributed by atoms with Gasteiger partial charge >= 0.3 is 6.18 Å². The first kappa shape index (κ1) is 13.8. The molecule has 0 aliphatic carbocycles. The second-order valence-electron chi connectivity index (χ2n) is 3.81. The van der Waals surface area contributed by atoms with Crippen LogP contribution in [0.1, 0.15) is 16.8 Å². The summed E-state index contributed by atoms with van der Waals surface area (Å²) in [6, 6.07) is 0. The number of halogens is 3. The molecule has 0 saturated carbocycles. The number of aliphatic hydroxyl groups is 1. The van der Waals surface area contributed by atoms with Crippen molar-refractivity contribution in [1.82, 2.24) is 4.98 Å². The van der Waals surface area contributed by atoms with Gasteiger partial charge in [-0.3, -0.25) is 4.98 Å². The Labute approximate surface area is 97.2 Å². The van der Waals surface area contributed by atoms with Crippen molar-refractivity contribution >= 4 is 0 Å². The van der Waals surface area contributed by atoms with Gasteiger partial charge in [-0.2, -0.15) is 13.2 Å². The first-order valence-corrected chi connectivity index (χ1v) is 5.01. The highest BCUT2D eigenvalue weighted by Gasteiger charge is 2.38. The third kappa shape index (κ3) is 3.09. The molecule has 1 heterocycles. The molecule has 0 spiro atoms. The van der Waals surface area contributed by atoms with Gasteiger partial charge in [0, 0.05) is 29.4 Å². The lowest BCUT2D eigenvalue weighted by molar-refractivity contribution is -0.203. The fraction of sp³-hybridized carbons (Fsp3) is 0.545. The van der Waals surface area contributed by atoms with Crippen molar-refractivity contribution < 1.29 is 23.0 Å². The Hall–Kier alpha value is -1.30. The van der Waals surface area contributed by atoms with Gasteiger partial charge in [-0.1, -0.05) is 0 Å². The van der Waals surface area contributed by atoms with Crippen LogP contribution in [0.15, 0.2) is 6.20 Å². The number of nitrogens with zero attached hydrogens (tertiary/aromatic N) is 1. The predicted molar refractivity (Wildman–Crippen MR) is 56.0 cm³/mol. The van der Waals surface area contributed by atoms with Crippen LogP contribution in [0.5, 0.6) is 5.75 Å². The van der Waals surface area contributed by atoms with Crippen molar-refractivity contribution in [2.45, 2.75) is 32.5 Å². The fourth-order valence-electron chi connectivity index (χ4n) is 1.58. The molecule has 1 aromatic rings. The van der Waals surface area contributed by atoms with Gasteiger partial charge in [0.25, 0.3) is 0 Å². The molecule has 1 aromatic heterocycles. The van der Waals surface area contributed by atoms with E-state index in [1.807, 2.05) is 0 Å². The average Bonchev–Trinajstić information content (AvgIpc) is 2.21. The van der Waals surface area contributed by atoms with Crippen LogP contribution in [0.4, 0.5) is 13.2 Å². The summed E-state index contributed by atoms with van der Waals surface area (Å²) in [6.07, 6.45) is -6.16. The molecule has 1 atom stereocenters. The van der Waals surface area contributed by atoms with Gasteiger partial charge in [0.05, 0.1) is 7.11 Å². The Balaban J connectivity index is 3.01. The maximum atomic E-state index is 12.2. The Bertz CT molecular complexity index is 404. The molecule has 0 radical (unpaired) electrons. The molecule has 1 rings (SSSR count). The lowest BCUT2D eigenvalue weighted by Gasteiger charge is -2.17. The minimum absolute atomic E-state index is 0.192. The molecule has 0 aliphatic rings. The van der Waals surface area contributed by atoms with Crippen molar-refractivity contribution in [3.05, 3.63) is 23.0 Å². The smallest absolute Gasteiger partial charge is 0.414 e. The van der Waals surface area contributed by atoms with Crippen LogP contribution in [-0.2, 0) is 6.42 Å². The van der Waals surface area contributed by atoms with Gasteiger partial charge in [-0.05, 0) is 13.8 Å². The second-order valence-corrected chi connectivity index (χ2v) is 3.81. The molecule has 96 valence electrons. The number of aryl methyl sites for hydroxylation is 1. The maximum Gasteiger partial charge on any atom is 0.414 e. The first-order valence-electron chi connectivity index (χ1n) is 5.01. The Morgan fingerprint density at radius 3 is 2.47 bits per heavy atom. The quantitative estimate of drug-likeness (QED) is 0.892. The van der Waals surface area contributed by atoms with E-state index in [1.165, 1.54) is 13.3 Å². The third-order valence-electron chi connectivity index (χ3n) is 2.51. The van der Waals surface area contributed by atoms with E-state index >= 15 is 0 Å². The number of ether oxygens (including phenoxy) is 1. The Morgan fingerprint density at radius 2 is 2.00 bits per heavy atom. The maximum absolute atomic E-state index is 12.2. The molecule has 0 unspecified atom stereocenters. The predicted octanol–water partition coefficient (Wildman–Crippen LogP) is 2.17. The number of methoxy groups -OCH3 is 1. The molecule has 0 fully saturated rings. The summed E-state index contributed by atoms with van der Waals surface area (Å²) >= 11 is 0. The van der Waals surface area contributed by atoms with Crippen molar-refractivity contribution in [2.75, 3.05) is 7.11 Å². The van der Waals surface area contributed by atoms with Gasteiger partial charge in [-0.15, -0.1) is 0 Å². The minimum Gasteiger partial charge on any atom is -0.496 e. The first-order chi connectivity index (χ1) is 7.77. The van der Waals surface area contributed by atoms with Crippen molar-refractivity contribution in [3.8, 4) is 5.75 Å². The summed E-state index contributed by atoms with van der Waals surface area (Å²) in [5, 5.41) is 8.99. The van der Waals surface area contributed by atoms with Crippen molar-refractivity contribution in [2.24, 2.45) is 0 Å². The highest BCUT2D eigenvalue weighted by Crippen LogP contribution is 2.28. The van der Waals surface area contributed by atoms with Crippen LogP contribution >= 0.6 is 0 Å². The molecule has 0 saturated heterocycles. The topological polar surface area (TPSA) is 42.4 Å². The van der Waals surface area contributed by atoms with E-state index < -0.39 is 18.7 Å². The SMILES string of the molecule is COc1c(C)cnc(C[C@@H](O)C(F)(F)F)c1C. The van der Waals surface area contributed by atoms with E-state index in [9.17, 15) is 13.2 Å². The average molecular weight is 249 g/mol. The van der Waals surface area contributed by atoms with Gasteiger partial charge in [0.15, 0.2) is 6.10 Å². The lowest BCUT2D eigenvalue weighted by Crippen LogP contribution is -2.31. The standard InChI is InChI=1S/C11H14F3NO2/c1-6-5-15-8(7(2)10(6)17-3)4-9(16)11(12,13)14/h5,9,16H,4H2,1-3H3/t9-/m1/s1. The second kappa shape index (κ2) is 4.91. The zero-order valence-electron chi connectivity index (χ0n) is 9.80. The molecule has 0 bridgehead atoms. The summed E-state index contributed by atoms with van der Waals surface area (Å²) < 4.78 is 41.7. The molecule has 17 heavy (non-hydrogen) atoms. The number of hydrogen-bond acceptors (Lipinski definition) is 3. The third-order valence-corrected chi connectivity index (χ3v) is 2.51. The van der Waals surface area contributed by atoms with Crippen LogP contribution in [0.3, 0.4) is 0 Å². The van der Waals surface area contributed by atoms with Crippen molar-refractivity contribution in [3.63, 3.8) is 0 Å². The van der Waals surface area contributed by atoms with E-state index in [-0.39, 0.29) is 5.69 Å². The number of aromatic nitrogens is 1. The van der Waals surface area contributed by atoms with Gasteiger partial charge in [0.1, 0.15) is 5.75 Å². The summed E-state index contributed by atoms with van der Waals surface area (Å²) in [5.41, 5.74) is 1.46. The van der Waals surface area contributed by atoms with Crippen LogP contribution in [0.2, 0.25) is 0 Å². The van der Waals surface area contributed by atoms with E-state index in [0.29, 0.717) is 11.3 Å². The fourth-order valence-corrected chi connectivity index (χ4v) is 1.58. The molecule has 6 heteroatoms. The number of pyridine rings is 1. The van der Waals surface area contributed by atoms with E-state index in [0.717, 1.165) is 5.56 Å². The monoisotopic (exact) mass is 249 g/mol. The molecular weight excluding hydrogens is 235 g/mol. The van der Waals surface area contributed by atoms with Crippen LogP contribution < -0.4 is 4.74 Å². The lowest BCUT2D eigenvalue weighted by atomic mass is 10.1. The number of aliphatic hydroxyl groups excluding tert-OH is 1. The van der Waals surface area contributed by atoms with Crippen LogP contribution in [-0.4, -0.2) is 29.5 Å². The van der Waals surface area contributed by atoms with Gasteiger partial charge in [-0.25, -0.2) is 0 Å². The normalized spacial score (nSPS) is 13.6. The van der Waals surface area contributed by atoms with E-state index in [1.54, 1.807) is 13.8 Å². The Kier molecular flexibility index (Phi) is 3.98. The molecular formula is C11H14F3NO2. The number of hydrogen-bond donors (Lipinski definition) is 1. The zero-order valence-corrected chi connectivity index (χ0v) is 9.80. The molecule has 3 nitrogen and oxygen atoms in total. The highest BCUT2D eigenvalue weighted by atomic mass is 19.4. The summed E-state index contributed by atoms with van der Waals surface area (Å²) in [6.45, 7) is 3.38.